The maximum absolute atomic E-state index is 5.67. The number of aryl methyl sites for hydroxylation is 1. The van der Waals surface area contributed by atoms with E-state index in [1.807, 2.05) is 25.1 Å². The smallest absolute Gasteiger partial charge is 0.119 e. The van der Waals surface area contributed by atoms with Crippen LogP contribution in [0.2, 0.25) is 0 Å². The predicted octanol–water partition coefficient (Wildman–Crippen LogP) is 4.00. The largest absolute Gasteiger partial charge is 0.494 e. The van der Waals surface area contributed by atoms with Crippen LogP contribution < -0.4 is 4.74 Å². The summed E-state index contributed by atoms with van der Waals surface area (Å²) in [5, 5.41) is 0. The third-order valence-corrected chi connectivity index (χ3v) is 2.72. The third-order valence-electron chi connectivity index (χ3n) is 2.72. The van der Waals surface area contributed by atoms with Gasteiger partial charge in [0.05, 0.1) is 6.61 Å². The van der Waals surface area contributed by atoms with E-state index in [1.165, 1.54) is 5.56 Å². The Bertz CT molecular complexity index is 316. The van der Waals surface area contributed by atoms with Crippen LogP contribution in [0, 0.1) is 0 Å². The molecule has 18 heavy (non-hydrogen) atoms. The second kappa shape index (κ2) is 9.72. The second-order valence-corrected chi connectivity index (χ2v) is 4.22. The van der Waals surface area contributed by atoms with Gasteiger partial charge in [-0.15, -0.1) is 6.58 Å². The van der Waals surface area contributed by atoms with E-state index in [1.54, 1.807) is 0 Å². The Kier molecular flexibility index (Phi) is 7.98. The fourth-order valence-corrected chi connectivity index (χ4v) is 1.66. The first-order chi connectivity index (χ1) is 8.86. The molecule has 0 aliphatic rings. The number of ether oxygens (including phenoxy) is 2. The highest BCUT2D eigenvalue weighted by molar-refractivity contribution is 5.27. The summed E-state index contributed by atoms with van der Waals surface area (Å²) in [6, 6.07) is 8.33. The van der Waals surface area contributed by atoms with Crippen LogP contribution in [0.1, 0.15) is 31.7 Å². The molecule has 0 aliphatic heterocycles. The van der Waals surface area contributed by atoms with E-state index in [4.69, 9.17) is 9.47 Å². The minimum atomic E-state index is 0.763. The van der Waals surface area contributed by atoms with Crippen molar-refractivity contribution in [3.63, 3.8) is 0 Å². The van der Waals surface area contributed by atoms with E-state index in [9.17, 15) is 0 Å². The van der Waals surface area contributed by atoms with Gasteiger partial charge in [-0.2, -0.15) is 0 Å². The minimum absolute atomic E-state index is 0.763. The third kappa shape index (κ3) is 6.45. The maximum Gasteiger partial charge on any atom is 0.119 e. The van der Waals surface area contributed by atoms with Gasteiger partial charge < -0.3 is 9.47 Å². The summed E-state index contributed by atoms with van der Waals surface area (Å²) in [5.74, 6) is 0.953. The number of hydrogen-bond donors (Lipinski definition) is 0. The zero-order valence-electron chi connectivity index (χ0n) is 11.4. The lowest BCUT2D eigenvalue weighted by molar-refractivity contribution is 0.138. The van der Waals surface area contributed by atoms with Crippen molar-refractivity contribution in [2.24, 2.45) is 0 Å². The van der Waals surface area contributed by atoms with Crippen molar-refractivity contribution in [3.8, 4) is 5.75 Å². The van der Waals surface area contributed by atoms with Gasteiger partial charge >= 0.3 is 0 Å². The lowest BCUT2D eigenvalue weighted by Gasteiger charge is -2.07. The molecule has 0 saturated heterocycles. The standard InChI is InChI=1S/C16H24O2/c1-3-5-8-15-9-11-16(12-10-15)18-14-7-6-13-17-4-2/h3,9-12H,1,4-8,13-14H2,2H3. The first kappa shape index (κ1) is 14.8. The summed E-state index contributed by atoms with van der Waals surface area (Å²) in [6.45, 7) is 8.14. The summed E-state index contributed by atoms with van der Waals surface area (Å²) >= 11 is 0. The molecule has 0 amide bonds. The summed E-state index contributed by atoms with van der Waals surface area (Å²) in [6.07, 6.45) is 6.13. The molecule has 100 valence electrons. The molecule has 2 heteroatoms. The van der Waals surface area contributed by atoms with E-state index in [2.05, 4.69) is 18.7 Å². The Labute approximate surface area is 111 Å². The first-order valence-corrected chi connectivity index (χ1v) is 6.77. The van der Waals surface area contributed by atoms with Crippen molar-refractivity contribution < 1.29 is 9.47 Å². The summed E-state index contributed by atoms with van der Waals surface area (Å²) in [4.78, 5) is 0. The number of allylic oxidation sites excluding steroid dienone is 1. The van der Waals surface area contributed by atoms with Crippen molar-refractivity contribution in [1.29, 1.82) is 0 Å². The Morgan fingerprint density at radius 2 is 1.83 bits per heavy atom. The highest BCUT2D eigenvalue weighted by Gasteiger charge is 1.95. The molecular formula is C16H24O2. The Hall–Kier alpha value is -1.28. The van der Waals surface area contributed by atoms with Crippen molar-refractivity contribution in [1.82, 2.24) is 0 Å². The van der Waals surface area contributed by atoms with Crippen LogP contribution in [0.4, 0.5) is 0 Å². The normalized spacial score (nSPS) is 10.3. The Morgan fingerprint density at radius 3 is 2.50 bits per heavy atom. The first-order valence-electron chi connectivity index (χ1n) is 6.77. The molecule has 0 spiro atoms. The molecule has 0 atom stereocenters. The van der Waals surface area contributed by atoms with Crippen LogP contribution in [0.3, 0.4) is 0 Å². The quantitative estimate of drug-likeness (QED) is 0.460. The van der Waals surface area contributed by atoms with Gasteiger partial charge in [-0.1, -0.05) is 18.2 Å². The van der Waals surface area contributed by atoms with Crippen LogP contribution in [0.15, 0.2) is 36.9 Å². The van der Waals surface area contributed by atoms with Gasteiger partial charge in [-0.3, -0.25) is 0 Å². The molecule has 0 N–H and O–H groups in total. The average molecular weight is 248 g/mol. The summed E-state index contributed by atoms with van der Waals surface area (Å²) in [7, 11) is 0. The van der Waals surface area contributed by atoms with Crippen LogP contribution in [0.5, 0.6) is 5.75 Å². The van der Waals surface area contributed by atoms with Crippen LogP contribution >= 0.6 is 0 Å². The molecule has 0 aliphatic carbocycles. The van der Waals surface area contributed by atoms with E-state index >= 15 is 0 Å². The highest BCUT2D eigenvalue weighted by atomic mass is 16.5. The molecule has 0 unspecified atom stereocenters. The fraction of sp³-hybridized carbons (Fsp3) is 0.500. The SMILES string of the molecule is C=CCCc1ccc(OCCCCOCC)cc1. The molecule has 1 rings (SSSR count). The highest BCUT2D eigenvalue weighted by Crippen LogP contribution is 2.13. The molecular weight excluding hydrogens is 224 g/mol. The molecule has 0 saturated carbocycles. The molecule has 0 heterocycles. The van der Waals surface area contributed by atoms with Gasteiger partial charge in [0.15, 0.2) is 0 Å². The van der Waals surface area contributed by atoms with E-state index in [0.717, 1.165) is 51.3 Å². The van der Waals surface area contributed by atoms with Gasteiger partial charge in [0, 0.05) is 13.2 Å². The minimum Gasteiger partial charge on any atom is -0.494 e. The van der Waals surface area contributed by atoms with Crippen molar-refractivity contribution >= 4 is 0 Å². The molecule has 1 aromatic rings. The predicted molar refractivity (Wildman–Crippen MR) is 76.2 cm³/mol. The summed E-state index contributed by atoms with van der Waals surface area (Å²) in [5.41, 5.74) is 1.33. The second-order valence-electron chi connectivity index (χ2n) is 4.22. The van der Waals surface area contributed by atoms with E-state index in [0.29, 0.717) is 0 Å². The zero-order chi connectivity index (χ0) is 13.1. The van der Waals surface area contributed by atoms with Crippen LogP contribution in [-0.4, -0.2) is 19.8 Å². The molecule has 0 bridgehead atoms. The van der Waals surface area contributed by atoms with Gasteiger partial charge in [-0.25, -0.2) is 0 Å². The topological polar surface area (TPSA) is 18.5 Å². The molecule has 0 radical (unpaired) electrons. The molecule has 0 fully saturated rings. The van der Waals surface area contributed by atoms with E-state index < -0.39 is 0 Å². The van der Waals surface area contributed by atoms with Crippen molar-refractivity contribution in [3.05, 3.63) is 42.5 Å². The van der Waals surface area contributed by atoms with Gasteiger partial charge in [0.2, 0.25) is 0 Å². The average Bonchev–Trinajstić information content (AvgIpc) is 2.42. The van der Waals surface area contributed by atoms with Gasteiger partial charge in [-0.05, 0) is 50.3 Å². The Morgan fingerprint density at radius 1 is 1.11 bits per heavy atom. The molecule has 0 aromatic heterocycles. The number of unbranched alkanes of at least 4 members (excludes halogenated alkanes) is 1. The zero-order valence-corrected chi connectivity index (χ0v) is 11.4. The van der Waals surface area contributed by atoms with E-state index in [-0.39, 0.29) is 0 Å². The lowest BCUT2D eigenvalue weighted by atomic mass is 10.1. The van der Waals surface area contributed by atoms with Gasteiger partial charge in [0.1, 0.15) is 5.75 Å². The lowest BCUT2D eigenvalue weighted by Crippen LogP contribution is -2.00. The number of rotatable bonds is 10. The van der Waals surface area contributed by atoms with Crippen LogP contribution in [-0.2, 0) is 11.2 Å². The molecule has 2 nitrogen and oxygen atoms in total. The maximum atomic E-state index is 5.67. The summed E-state index contributed by atoms with van der Waals surface area (Å²) < 4.78 is 10.9. The molecule has 1 aromatic carbocycles. The van der Waals surface area contributed by atoms with Crippen LogP contribution in [0.25, 0.3) is 0 Å². The van der Waals surface area contributed by atoms with Crippen molar-refractivity contribution in [2.45, 2.75) is 32.6 Å². The number of hydrogen-bond acceptors (Lipinski definition) is 2. The fourth-order valence-electron chi connectivity index (χ4n) is 1.66. The Balaban J connectivity index is 2.16. The van der Waals surface area contributed by atoms with Gasteiger partial charge in [0.25, 0.3) is 0 Å². The number of benzene rings is 1. The monoisotopic (exact) mass is 248 g/mol. The van der Waals surface area contributed by atoms with Crippen molar-refractivity contribution in [2.75, 3.05) is 19.8 Å².